The van der Waals surface area contributed by atoms with Gasteiger partial charge >= 0.3 is 5.97 Å². The molecule has 0 saturated heterocycles. The molecule has 0 spiro atoms. The fourth-order valence-corrected chi connectivity index (χ4v) is 4.06. The van der Waals surface area contributed by atoms with Gasteiger partial charge in [0.05, 0.1) is 17.0 Å². The molecule has 0 aliphatic carbocycles. The summed E-state index contributed by atoms with van der Waals surface area (Å²) in [7, 11) is 0. The molecule has 4 rings (SSSR count). The Bertz CT molecular complexity index is 1080. The van der Waals surface area contributed by atoms with Crippen molar-refractivity contribution in [2.75, 3.05) is 6.61 Å². The molecule has 0 unspecified atom stereocenters. The number of rotatable bonds is 4. The van der Waals surface area contributed by atoms with Crippen LogP contribution in [0.15, 0.2) is 48.7 Å². The van der Waals surface area contributed by atoms with E-state index >= 15 is 0 Å². The van der Waals surface area contributed by atoms with E-state index in [1.54, 1.807) is 0 Å². The largest absolute Gasteiger partial charge is 0.465 e. The van der Waals surface area contributed by atoms with E-state index in [9.17, 15) is 4.79 Å². The Morgan fingerprint density at radius 1 is 1.20 bits per heavy atom. The van der Waals surface area contributed by atoms with Crippen molar-refractivity contribution < 1.29 is 9.53 Å². The SMILES string of the molecule is CCOC(=O)Cn1cc(-c2nsc3ccccc23)c2c(C)cccc21. The summed E-state index contributed by atoms with van der Waals surface area (Å²) in [6.45, 7) is 4.51. The average molecular weight is 350 g/mol. The fourth-order valence-electron chi connectivity index (χ4n) is 3.27. The van der Waals surface area contributed by atoms with Crippen molar-refractivity contribution >= 4 is 38.5 Å². The molecule has 4 nitrogen and oxygen atoms in total. The first-order valence-corrected chi connectivity index (χ1v) is 9.05. The topological polar surface area (TPSA) is 44.1 Å². The van der Waals surface area contributed by atoms with Gasteiger partial charge in [-0.25, -0.2) is 0 Å². The van der Waals surface area contributed by atoms with Crippen molar-refractivity contribution in [2.24, 2.45) is 0 Å². The Hall–Kier alpha value is -2.66. The number of hydrogen-bond donors (Lipinski definition) is 0. The standard InChI is InChI=1S/C20H18N2O2S/c1-3-24-18(23)12-22-11-15(19-13(2)7-6-9-16(19)22)20-14-8-4-5-10-17(14)25-21-20/h4-11H,3,12H2,1-2H3. The number of hydrogen-bond acceptors (Lipinski definition) is 4. The second-order valence-electron chi connectivity index (χ2n) is 5.97. The van der Waals surface area contributed by atoms with E-state index in [1.807, 2.05) is 42.0 Å². The van der Waals surface area contributed by atoms with Crippen LogP contribution in [0.1, 0.15) is 12.5 Å². The molecule has 2 heterocycles. The van der Waals surface area contributed by atoms with Crippen LogP contribution in [0.2, 0.25) is 0 Å². The molecule has 0 amide bonds. The Labute approximate surface area is 149 Å². The first-order valence-electron chi connectivity index (χ1n) is 8.28. The molecule has 0 atom stereocenters. The molecule has 0 N–H and O–H groups in total. The quantitative estimate of drug-likeness (QED) is 0.497. The molecule has 25 heavy (non-hydrogen) atoms. The predicted octanol–water partition coefficient (Wildman–Crippen LogP) is 4.79. The third-order valence-electron chi connectivity index (χ3n) is 4.35. The Morgan fingerprint density at radius 2 is 2.04 bits per heavy atom. The molecule has 0 saturated carbocycles. The number of aryl methyl sites for hydroxylation is 1. The first-order chi connectivity index (χ1) is 12.2. The van der Waals surface area contributed by atoms with E-state index in [4.69, 9.17) is 9.11 Å². The molecular formula is C20H18N2O2S. The molecule has 0 aliphatic rings. The van der Waals surface area contributed by atoms with Gasteiger partial charge in [0, 0.05) is 28.0 Å². The Balaban J connectivity index is 1.93. The molecule has 5 heteroatoms. The summed E-state index contributed by atoms with van der Waals surface area (Å²) in [6.07, 6.45) is 2.02. The highest BCUT2D eigenvalue weighted by molar-refractivity contribution is 7.13. The second kappa shape index (κ2) is 6.33. The highest BCUT2D eigenvalue weighted by Gasteiger charge is 2.18. The van der Waals surface area contributed by atoms with Crippen LogP contribution < -0.4 is 0 Å². The first kappa shape index (κ1) is 15.8. The lowest BCUT2D eigenvalue weighted by Crippen LogP contribution is -2.12. The normalized spacial score (nSPS) is 11.3. The number of esters is 1. The van der Waals surface area contributed by atoms with Crippen LogP contribution in [0.25, 0.3) is 32.2 Å². The van der Waals surface area contributed by atoms with Gasteiger partial charge in [-0.1, -0.05) is 30.3 Å². The molecule has 4 aromatic rings. The van der Waals surface area contributed by atoms with E-state index in [-0.39, 0.29) is 12.5 Å². The number of nitrogens with zero attached hydrogens (tertiary/aromatic N) is 2. The van der Waals surface area contributed by atoms with Crippen LogP contribution >= 0.6 is 11.5 Å². The van der Waals surface area contributed by atoms with Crippen LogP contribution in [0.5, 0.6) is 0 Å². The van der Waals surface area contributed by atoms with Crippen LogP contribution in [-0.4, -0.2) is 21.5 Å². The minimum atomic E-state index is -0.226. The van der Waals surface area contributed by atoms with Crippen LogP contribution in [0, 0.1) is 6.92 Å². The highest BCUT2D eigenvalue weighted by atomic mass is 32.1. The predicted molar refractivity (Wildman–Crippen MR) is 102 cm³/mol. The van der Waals surface area contributed by atoms with Gasteiger partial charge in [0.25, 0.3) is 0 Å². The molecule has 126 valence electrons. The van der Waals surface area contributed by atoms with Gasteiger partial charge < -0.3 is 9.30 Å². The van der Waals surface area contributed by atoms with Gasteiger partial charge in [0.2, 0.25) is 0 Å². The van der Waals surface area contributed by atoms with Gasteiger partial charge in [0.1, 0.15) is 6.54 Å². The summed E-state index contributed by atoms with van der Waals surface area (Å²) in [6, 6.07) is 14.4. The van der Waals surface area contributed by atoms with Crippen molar-refractivity contribution in [3.8, 4) is 11.3 Å². The van der Waals surface area contributed by atoms with E-state index < -0.39 is 0 Å². The number of carbonyl (C=O) groups excluding carboxylic acids is 1. The smallest absolute Gasteiger partial charge is 0.325 e. The minimum absolute atomic E-state index is 0.204. The Kier molecular flexibility index (Phi) is 4.01. The zero-order chi connectivity index (χ0) is 17.4. The number of aromatic nitrogens is 2. The average Bonchev–Trinajstić information content (AvgIpc) is 3.18. The van der Waals surface area contributed by atoms with E-state index in [1.165, 1.54) is 17.1 Å². The second-order valence-corrected chi connectivity index (χ2v) is 6.78. The highest BCUT2D eigenvalue weighted by Crippen LogP contribution is 2.37. The fraction of sp³-hybridized carbons (Fsp3) is 0.200. The monoisotopic (exact) mass is 350 g/mol. The van der Waals surface area contributed by atoms with Gasteiger partial charge in [-0.15, -0.1) is 0 Å². The van der Waals surface area contributed by atoms with Gasteiger partial charge in [0.15, 0.2) is 0 Å². The molecule has 0 aliphatic heterocycles. The van der Waals surface area contributed by atoms with Gasteiger partial charge in [-0.2, -0.15) is 4.37 Å². The summed E-state index contributed by atoms with van der Waals surface area (Å²) in [5.41, 5.74) is 4.24. The summed E-state index contributed by atoms with van der Waals surface area (Å²) in [5, 5.41) is 2.29. The molecule has 2 aromatic carbocycles. The lowest BCUT2D eigenvalue weighted by Gasteiger charge is -2.05. The van der Waals surface area contributed by atoms with Gasteiger partial charge in [-0.05, 0) is 43.1 Å². The zero-order valence-corrected chi connectivity index (χ0v) is 15.0. The summed E-state index contributed by atoms with van der Waals surface area (Å²) >= 11 is 1.50. The molecule has 2 aromatic heterocycles. The maximum atomic E-state index is 12.0. The van der Waals surface area contributed by atoms with Crippen LogP contribution in [0.4, 0.5) is 0 Å². The number of benzene rings is 2. The van der Waals surface area contributed by atoms with Crippen molar-refractivity contribution in [3.63, 3.8) is 0 Å². The molecule has 0 bridgehead atoms. The maximum Gasteiger partial charge on any atom is 0.325 e. The number of carbonyl (C=O) groups is 1. The lowest BCUT2D eigenvalue weighted by atomic mass is 10.0. The number of ether oxygens (including phenoxy) is 1. The van der Waals surface area contributed by atoms with Crippen LogP contribution in [0.3, 0.4) is 0 Å². The van der Waals surface area contributed by atoms with Crippen molar-refractivity contribution in [1.29, 1.82) is 0 Å². The van der Waals surface area contributed by atoms with Crippen molar-refractivity contribution in [1.82, 2.24) is 8.94 Å². The van der Waals surface area contributed by atoms with Crippen LogP contribution in [-0.2, 0) is 16.1 Å². The minimum Gasteiger partial charge on any atom is -0.465 e. The van der Waals surface area contributed by atoms with Gasteiger partial charge in [-0.3, -0.25) is 4.79 Å². The summed E-state index contributed by atoms with van der Waals surface area (Å²) in [5.74, 6) is -0.226. The summed E-state index contributed by atoms with van der Waals surface area (Å²) in [4.78, 5) is 12.0. The zero-order valence-electron chi connectivity index (χ0n) is 14.2. The van der Waals surface area contributed by atoms with E-state index in [0.717, 1.165) is 32.2 Å². The van der Waals surface area contributed by atoms with Crippen molar-refractivity contribution in [2.45, 2.75) is 20.4 Å². The third kappa shape index (κ3) is 2.70. The maximum absolute atomic E-state index is 12.0. The van der Waals surface area contributed by atoms with E-state index in [2.05, 4.69) is 25.1 Å². The van der Waals surface area contributed by atoms with Crippen molar-refractivity contribution in [3.05, 3.63) is 54.2 Å². The summed E-state index contributed by atoms with van der Waals surface area (Å²) < 4.78 is 12.9. The number of fused-ring (bicyclic) bond motifs is 2. The molecule has 0 radical (unpaired) electrons. The molecule has 0 fully saturated rings. The third-order valence-corrected chi connectivity index (χ3v) is 5.18. The molecular weight excluding hydrogens is 332 g/mol. The van der Waals surface area contributed by atoms with E-state index in [0.29, 0.717) is 6.61 Å². The lowest BCUT2D eigenvalue weighted by molar-refractivity contribution is -0.143. The Morgan fingerprint density at radius 3 is 2.88 bits per heavy atom.